The highest BCUT2D eigenvalue weighted by atomic mass is 16.5. The van der Waals surface area contributed by atoms with Crippen molar-refractivity contribution in [2.75, 3.05) is 6.61 Å². The van der Waals surface area contributed by atoms with Crippen LogP contribution in [-0.4, -0.2) is 12.9 Å². The molecule has 21 heavy (non-hydrogen) atoms. The molecular weight excluding hydrogens is 264 g/mol. The summed E-state index contributed by atoms with van der Waals surface area (Å²) < 4.78 is 11.6. The van der Waals surface area contributed by atoms with E-state index in [9.17, 15) is 4.79 Å². The molecule has 0 bridgehead atoms. The SMILES string of the molecule is CC(C)COc1cccc(C=O)c1OCc1ccccc1. The van der Waals surface area contributed by atoms with Gasteiger partial charge in [-0.1, -0.05) is 50.2 Å². The molecule has 2 rings (SSSR count). The molecule has 0 atom stereocenters. The van der Waals surface area contributed by atoms with Gasteiger partial charge in [0, 0.05) is 0 Å². The second-order valence-electron chi connectivity index (χ2n) is 5.27. The molecule has 0 spiro atoms. The van der Waals surface area contributed by atoms with E-state index < -0.39 is 0 Å². The molecule has 0 aliphatic heterocycles. The summed E-state index contributed by atoms with van der Waals surface area (Å²) in [6, 6.07) is 15.2. The van der Waals surface area contributed by atoms with Crippen LogP contribution in [0.5, 0.6) is 11.5 Å². The fourth-order valence-corrected chi connectivity index (χ4v) is 1.88. The Morgan fingerprint density at radius 3 is 2.43 bits per heavy atom. The Morgan fingerprint density at radius 2 is 1.76 bits per heavy atom. The molecule has 0 saturated heterocycles. The number of ether oxygens (including phenoxy) is 2. The van der Waals surface area contributed by atoms with Crippen molar-refractivity contribution in [2.24, 2.45) is 5.92 Å². The maximum absolute atomic E-state index is 11.2. The summed E-state index contributed by atoms with van der Waals surface area (Å²) in [6.45, 7) is 5.15. The average molecular weight is 284 g/mol. The van der Waals surface area contributed by atoms with Gasteiger partial charge in [-0.15, -0.1) is 0 Å². The highest BCUT2D eigenvalue weighted by molar-refractivity contribution is 5.81. The van der Waals surface area contributed by atoms with Gasteiger partial charge in [0.2, 0.25) is 0 Å². The number of carbonyl (C=O) groups excluding carboxylic acids is 1. The van der Waals surface area contributed by atoms with Gasteiger partial charge >= 0.3 is 0 Å². The summed E-state index contributed by atoms with van der Waals surface area (Å²) in [4.78, 5) is 11.2. The molecule has 0 amide bonds. The first-order chi connectivity index (χ1) is 10.2. The van der Waals surface area contributed by atoms with Crippen LogP contribution in [0.15, 0.2) is 48.5 Å². The maximum atomic E-state index is 11.2. The Morgan fingerprint density at radius 1 is 1.00 bits per heavy atom. The van der Waals surface area contributed by atoms with Gasteiger partial charge in [-0.3, -0.25) is 4.79 Å². The summed E-state index contributed by atoms with van der Waals surface area (Å²) in [5.74, 6) is 1.54. The second kappa shape index (κ2) is 7.48. The Bertz CT molecular complexity index is 576. The topological polar surface area (TPSA) is 35.5 Å². The lowest BCUT2D eigenvalue weighted by molar-refractivity contribution is 0.111. The summed E-state index contributed by atoms with van der Waals surface area (Å²) in [7, 11) is 0. The van der Waals surface area contributed by atoms with Gasteiger partial charge in [0.1, 0.15) is 6.61 Å². The quantitative estimate of drug-likeness (QED) is 0.718. The fourth-order valence-electron chi connectivity index (χ4n) is 1.88. The predicted molar refractivity (Wildman–Crippen MR) is 82.9 cm³/mol. The zero-order valence-corrected chi connectivity index (χ0v) is 12.4. The van der Waals surface area contributed by atoms with Crippen LogP contribution in [-0.2, 0) is 6.61 Å². The molecule has 0 fully saturated rings. The Kier molecular flexibility index (Phi) is 5.38. The van der Waals surface area contributed by atoms with Crippen LogP contribution in [0.4, 0.5) is 0 Å². The standard InChI is InChI=1S/C18H20O3/c1-14(2)12-20-17-10-6-9-16(11-19)18(17)21-13-15-7-4-3-5-8-15/h3-11,14H,12-13H2,1-2H3. The number of hydrogen-bond acceptors (Lipinski definition) is 3. The molecule has 0 unspecified atom stereocenters. The van der Waals surface area contributed by atoms with Crippen LogP contribution in [0.25, 0.3) is 0 Å². The number of benzene rings is 2. The fraction of sp³-hybridized carbons (Fsp3) is 0.278. The first kappa shape index (κ1) is 15.1. The summed E-state index contributed by atoms with van der Waals surface area (Å²) in [5, 5.41) is 0. The van der Waals surface area contributed by atoms with Crippen molar-refractivity contribution in [1.29, 1.82) is 0 Å². The van der Waals surface area contributed by atoms with Crippen molar-refractivity contribution < 1.29 is 14.3 Å². The van der Waals surface area contributed by atoms with Gasteiger partial charge in [-0.2, -0.15) is 0 Å². The number of rotatable bonds is 7. The van der Waals surface area contributed by atoms with E-state index in [-0.39, 0.29) is 0 Å². The molecule has 0 N–H and O–H groups in total. The van der Waals surface area contributed by atoms with E-state index in [1.165, 1.54) is 0 Å². The van der Waals surface area contributed by atoms with Crippen molar-refractivity contribution in [3.8, 4) is 11.5 Å². The van der Waals surface area contributed by atoms with Crippen LogP contribution in [0.3, 0.4) is 0 Å². The molecule has 3 heteroatoms. The minimum absolute atomic E-state index is 0.406. The number of aldehydes is 1. The second-order valence-corrected chi connectivity index (χ2v) is 5.27. The zero-order valence-electron chi connectivity index (χ0n) is 12.4. The van der Waals surface area contributed by atoms with Crippen molar-refractivity contribution in [3.05, 3.63) is 59.7 Å². The first-order valence-electron chi connectivity index (χ1n) is 7.08. The van der Waals surface area contributed by atoms with Crippen LogP contribution < -0.4 is 9.47 Å². The van der Waals surface area contributed by atoms with Crippen molar-refractivity contribution in [1.82, 2.24) is 0 Å². The lowest BCUT2D eigenvalue weighted by Crippen LogP contribution is -2.07. The van der Waals surface area contributed by atoms with Crippen LogP contribution in [0.2, 0.25) is 0 Å². The number of hydrogen-bond donors (Lipinski definition) is 0. The summed E-state index contributed by atoms with van der Waals surface area (Å²) in [6.07, 6.45) is 0.794. The van der Waals surface area contributed by atoms with Crippen molar-refractivity contribution >= 4 is 6.29 Å². The van der Waals surface area contributed by atoms with E-state index in [1.807, 2.05) is 36.4 Å². The molecule has 3 nitrogen and oxygen atoms in total. The van der Waals surface area contributed by atoms with Gasteiger partial charge in [-0.25, -0.2) is 0 Å². The molecular formula is C18H20O3. The first-order valence-corrected chi connectivity index (χ1v) is 7.08. The van der Waals surface area contributed by atoms with E-state index in [2.05, 4.69) is 13.8 Å². The van der Waals surface area contributed by atoms with E-state index in [1.54, 1.807) is 12.1 Å². The predicted octanol–water partition coefficient (Wildman–Crippen LogP) is 4.11. The van der Waals surface area contributed by atoms with E-state index >= 15 is 0 Å². The summed E-state index contributed by atoms with van der Waals surface area (Å²) in [5.41, 5.74) is 1.56. The van der Waals surface area contributed by atoms with E-state index in [4.69, 9.17) is 9.47 Å². The third-order valence-corrected chi connectivity index (χ3v) is 2.93. The smallest absolute Gasteiger partial charge is 0.172 e. The molecule has 2 aromatic rings. The van der Waals surface area contributed by atoms with Gasteiger partial charge in [-0.05, 0) is 23.6 Å². The van der Waals surface area contributed by atoms with Gasteiger partial charge in [0.05, 0.1) is 12.2 Å². The minimum atomic E-state index is 0.406. The van der Waals surface area contributed by atoms with E-state index in [0.29, 0.717) is 36.2 Å². The Balaban J connectivity index is 2.16. The van der Waals surface area contributed by atoms with Gasteiger partial charge in [0.15, 0.2) is 17.8 Å². The molecule has 0 radical (unpaired) electrons. The molecule has 110 valence electrons. The molecule has 0 aliphatic rings. The van der Waals surface area contributed by atoms with E-state index in [0.717, 1.165) is 11.8 Å². The number of carbonyl (C=O) groups is 1. The van der Waals surface area contributed by atoms with Crippen molar-refractivity contribution in [3.63, 3.8) is 0 Å². The minimum Gasteiger partial charge on any atom is -0.489 e. The lowest BCUT2D eigenvalue weighted by Gasteiger charge is -2.15. The largest absolute Gasteiger partial charge is 0.489 e. The summed E-state index contributed by atoms with van der Waals surface area (Å²) >= 11 is 0. The molecule has 0 heterocycles. The zero-order chi connectivity index (χ0) is 15.1. The van der Waals surface area contributed by atoms with Gasteiger partial charge < -0.3 is 9.47 Å². The Hall–Kier alpha value is -2.29. The molecule has 0 aliphatic carbocycles. The molecule has 2 aromatic carbocycles. The number of para-hydroxylation sites is 1. The normalized spacial score (nSPS) is 10.4. The Labute approximate surface area is 125 Å². The average Bonchev–Trinajstić information content (AvgIpc) is 2.52. The van der Waals surface area contributed by atoms with Crippen LogP contribution in [0, 0.1) is 5.92 Å². The maximum Gasteiger partial charge on any atom is 0.172 e. The van der Waals surface area contributed by atoms with Crippen molar-refractivity contribution in [2.45, 2.75) is 20.5 Å². The molecule has 0 saturated carbocycles. The molecule has 0 aromatic heterocycles. The van der Waals surface area contributed by atoms with Crippen LogP contribution in [0.1, 0.15) is 29.8 Å². The monoisotopic (exact) mass is 284 g/mol. The highest BCUT2D eigenvalue weighted by Crippen LogP contribution is 2.31. The third kappa shape index (κ3) is 4.35. The lowest BCUT2D eigenvalue weighted by atomic mass is 10.2. The van der Waals surface area contributed by atoms with Crippen LogP contribution >= 0.6 is 0 Å². The van der Waals surface area contributed by atoms with Gasteiger partial charge in [0.25, 0.3) is 0 Å². The highest BCUT2D eigenvalue weighted by Gasteiger charge is 2.11. The third-order valence-electron chi connectivity index (χ3n) is 2.93.